The molecular weight excluding hydrogens is 240 g/mol. The molecule has 4 heteroatoms. The van der Waals surface area contributed by atoms with Gasteiger partial charge in [0, 0.05) is 10.7 Å². The molecule has 1 aromatic heterocycles. The predicted octanol–water partition coefficient (Wildman–Crippen LogP) is 3.29. The van der Waals surface area contributed by atoms with E-state index in [0.29, 0.717) is 0 Å². The quantitative estimate of drug-likeness (QED) is 0.843. The largest absolute Gasteiger partial charge is 0.486 e. The number of aromatic nitrogens is 2. The van der Waals surface area contributed by atoms with Gasteiger partial charge in [-0.3, -0.25) is 5.10 Å². The first-order chi connectivity index (χ1) is 8.18. The summed E-state index contributed by atoms with van der Waals surface area (Å²) in [6.45, 7) is 13.1. The van der Waals surface area contributed by atoms with Gasteiger partial charge >= 0.3 is 0 Å². The fraction of sp³-hybridized carbons (Fsp3) is 0.500. The van der Waals surface area contributed by atoms with Crippen LogP contribution < -0.4 is 10.1 Å². The number of para-hydroxylation sites is 1. The molecule has 0 unspecified atom stereocenters. The van der Waals surface area contributed by atoms with E-state index in [-0.39, 0.29) is 5.60 Å². The van der Waals surface area contributed by atoms with Crippen molar-refractivity contribution in [2.75, 3.05) is 0 Å². The molecule has 2 rings (SSSR count). The molecule has 0 radical (unpaired) electrons. The summed E-state index contributed by atoms with van der Waals surface area (Å²) in [4.78, 5) is 0. The van der Waals surface area contributed by atoms with Crippen molar-refractivity contribution in [2.24, 2.45) is 0 Å². The molecule has 0 amide bonds. The Kier molecular flexibility index (Phi) is 3.01. The number of benzene rings is 1. The maximum absolute atomic E-state index is 5.97. The highest BCUT2D eigenvalue weighted by atomic mass is 28.3. The molecule has 1 aromatic carbocycles. The molecule has 0 aliphatic rings. The van der Waals surface area contributed by atoms with Crippen molar-refractivity contribution >= 4 is 24.3 Å². The minimum absolute atomic E-state index is 0.202. The van der Waals surface area contributed by atoms with Crippen LogP contribution in [0.25, 0.3) is 10.9 Å². The van der Waals surface area contributed by atoms with Crippen LogP contribution in [0.4, 0.5) is 0 Å². The minimum Gasteiger partial charge on any atom is -0.486 e. The van der Waals surface area contributed by atoms with Gasteiger partial charge in [0.15, 0.2) is 0 Å². The summed E-state index contributed by atoms with van der Waals surface area (Å²) < 4.78 is 5.97. The Labute approximate surface area is 110 Å². The zero-order valence-electron chi connectivity index (χ0n) is 12.1. The van der Waals surface area contributed by atoms with Gasteiger partial charge in [0.05, 0.1) is 0 Å². The van der Waals surface area contributed by atoms with Crippen LogP contribution in [0.3, 0.4) is 0 Å². The first-order valence-corrected chi connectivity index (χ1v) is 9.85. The van der Waals surface area contributed by atoms with Gasteiger partial charge in [-0.15, -0.1) is 0 Å². The van der Waals surface area contributed by atoms with Crippen LogP contribution >= 0.6 is 0 Å². The van der Waals surface area contributed by atoms with Crippen LogP contribution in [0, 0.1) is 0 Å². The van der Waals surface area contributed by atoms with E-state index < -0.39 is 8.07 Å². The van der Waals surface area contributed by atoms with Gasteiger partial charge in [0.25, 0.3) is 0 Å². The van der Waals surface area contributed by atoms with E-state index in [1.807, 2.05) is 12.1 Å². The lowest BCUT2D eigenvalue weighted by Crippen LogP contribution is -2.39. The number of fused-ring (bicyclic) bond motifs is 1. The predicted molar refractivity (Wildman–Crippen MR) is 79.5 cm³/mol. The van der Waals surface area contributed by atoms with E-state index in [1.54, 1.807) is 0 Å². The SMILES string of the molecule is CC(C)(C)Oc1cccc2c([Si](C)(C)C)[nH]nc12. The normalized spacial score (nSPS) is 13.0. The third kappa shape index (κ3) is 2.58. The lowest BCUT2D eigenvalue weighted by molar-refractivity contribution is 0.133. The summed E-state index contributed by atoms with van der Waals surface area (Å²) in [5.41, 5.74) is 0.747. The molecule has 0 saturated carbocycles. The monoisotopic (exact) mass is 262 g/mol. The third-order valence-electron chi connectivity index (χ3n) is 2.71. The van der Waals surface area contributed by atoms with Crippen LogP contribution in [0.5, 0.6) is 5.75 Å². The number of hydrogen-bond acceptors (Lipinski definition) is 2. The van der Waals surface area contributed by atoms with Crippen LogP contribution in [0.2, 0.25) is 19.6 Å². The molecule has 0 bridgehead atoms. The van der Waals surface area contributed by atoms with Crippen molar-refractivity contribution in [3.63, 3.8) is 0 Å². The zero-order chi connectivity index (χ0) is 13.6. The van der Waals surface area contributed by atoms with E-state index in [9.17, 15) is 0 Å². The second-order valence-corrected chi connectivity index (χ2v) is 11.7. The van der Waals surface area contributed by atoms with Crippen molar-refractivity contribution in [3.8, 4) is 5.75 Å². The van der Waals surface area contributed by atoms with Gasteiger partial charge in [-0.05, 0) is 26.8 Å². The van der Waals surface area contributed by atoms with E-state index in [1.165, 1.54) is 10.7 Å². The van der Waals surface area contributed by atoms with Gasteiger partial charge in [0.2, 0.25) is 0 Å². The molecule has 0 aliphatic carbocycles. The van der Waals surface area contributed by atoms with Crippen LogP contribution in [-0.2, 0) is 0 Å². The van der Waals surface area contributed by atoms with Crippen molar-refractivity contribution < 1.29 is 4.74 Å². The van der Waals surface area contributed by atoms with E-state index in [4.69, 9.17) is 4.74 Å². The molecule has 3 nitrogen and oxygen atoms in total. The Balaban J connectivity index is 2.56. The van der Waals surface area contributed by atoms with Crippen molar-refractivity contribution in [3.05, 3.63) is 18.2 Å². The summed E-state index contributed by atoms with van der Waals surface area (Å²) in [5.74, 6) is 0.862. The molecule has 0 saturated heterocycles. The molecule has 98 valence electrons. The third-order valence-corrected chi connectivity index (χ3v) is 4.60. The molecule has 1 N–H and O–H groups in total. The molecule has 2 aromatic rings. The molecule has 18 heavy (non-hydrogen) atoms. The van der Waals surface area contributed by atoms with E-state index in [2.05, 4.69) is 56.7 Å². The number of nitrogens with one attached hydrogen (secondary N) is 1. The van der Waals surface area contributed by atoms with Crippen molar-refractivity contribution in [1.82, 2.24) is 10.2 Å². The first kappa shape index (κ1) is 13.1. The van der Waals surface area contributed by atoms with E-state index >= 15 is 0 Å². The molecule has 1 heterocycles. The van der Waals surface area contributed by atoms with Gasteiger partial charge in [-0.25, -0.2) is 0 Å². The second-order valence-electron chi connectivity index (χ2n) is 6.72. The lowest BCUT2D eigenvalue weighted by atomic mass is 10.2. The van der Waals surface area contributed by atoms with Gasteiger partial charge in [-0.1, -0.05) is 31.8 Å². The van der Waals surface area contributed by atoms with Crippen LogP contribution in [0.1, 0.15) is 20.8 Å². The molecular formula is C14H22N2OSi. The fourth-order valence-corrected chi connectivity index (χ4v) is 3.40. The smallest absolute Gasteiger partial charge is 0.148 e. The second kappa shape index (κ2) is 4.12. The minimum atomic E-state index is -1.40. The summed E-state index contributed by atoms with van der Waals surface area (Å²) in [7, 11) is -1.40. The Bertz CT molecular complexity index is 561. The fourth-order valence-electron chi connectivity index (χ4n) is 2.00. The number of aromatic amines is 1. The Hall–Kier alpha value is -1.29. The molecule has 0 aliphatic heterocycles. The average Bonchev–Trinajstić information content (AvgIpc) is 2.58. The number of H-pyrrole nitrogens is 1. The molecule has 0 spiro atoms. The highest BCUT2D eigenvalue weighted by Gasteiger charge is 2.24. The number of nitrogens with zero attached hydrogens (tertiary/aromatic N) is 1. The van der Waals surface area contributed by atoms with Gasteiger partial charge in [0.1, 0.15) is 24.9 Å². The highest BCUT2D eigenvalue weighted by molar-refractivity contribution is 6.89. The Morgan fingerprint density at radius 2 is 1.83 bits per heavy atom. The topological polar surface area (TPSA) is 37.9 Å². The summed E-state index contributed by atoms with van der Waals surface area (Å²) in [6, 6.07) is 6.16. The van der Waals surface area contributed by atoms with Gasteiger partial charge < -0.3 is 4.74 Å². The lowest BCUT2D eigenvalue weighted by Gasteiger charge is -2.21. The Morgan fingerprint density at radius 1 is 1.17 bits per heavy atom. The first-order valence-electron chi connectivity index (χ1n) is 6.35. The van der Waals surface area contributed by atoms with Crippen molar-refractivity contribution in [1.29, 1.82) is 0 Å². The summed E-state index contributed by atoms with van der Waals surface area (Å²) >= 11 is 0. The number of rotatable bonds is 2. The maximum Gasteiger partial charge on any atom is 0.148 e. The summed E-state index contributed by atoms with van der Waals surface area (Å²) in [6.07, 6.45) is 0. The molecule has 0 fully saturated rings. The highest BCUT2D eigenvalue weighted by Crippen LogP contribution is 2.26. The zero-order valence-corrected chi connectivity index (χ0v) is 13.1. The van der Waals surface area contributed by atoms with Crippen molar-refractivity contribution in [2.45, 2.75) is 46.0 Å². The number of ether oxygens (including phenoxy) is 1. The summed E-state index contributed by atoms with van der Waals surface area (Å²) in [5, 5.41) is 10.2. The Morgan fingerprint density at radius 3 is 2.39 bits per heavy atom. The van der Waals surface area contributed by atoms with Crippen LogP contribution in [-0.4, -0.2) is 23.9 Å². The number of hydrogen-bond donors (Lipinski definition) is 1. The van der Waals surface area contributed by atoms with Gasteiger partial charge in [-0.2, -0.15) is 5.10 Å². The van der Waals surface area contributed by atoms with E-state index in [0.717, 1.165) is 11.3 Å². The maximum atomic E-state index is 5.97. The average molecular weight is 262 g/mol. The standard InChI is InChI=1S/C14H22N2OSi/c1-14(2,3)17-11-9-7-8-10-12(11)15-16-13(10)18(4,5)6/h7-9H,1-6H3,(H,15,16). The van der Waals surface area contributed by atoms with Crippen LogP contribution in [0.15, 0.2) is 18.2 Å². The molecule has 0 atom stereocenters.